The summed E-state index contributed by atoms with van der Waals surface area (Å²) in [5.41, 5.74) is 5.04. The Hall–Kier alpha value is -2.66. The van der Waals surface area contributed by atoms with Crippen molar-refractivity contribution in [1.82, 2.24) is 9.97 Å². The van der Waals surface area contributed by atoms with Crippen LogP contribution in [0.3, 0.4) is 0 Å². The van der Waals surface area contributed by atoms with Gasteiger partial charge in [0, 0.05) is 42.0 Å². The molecular formula is C19H19N3O2. The average Bonchev–Trinajstić information content (AvgIpc) is 2.63. The minimum absolute atomic E-state index is 0.105. The third kappa shape index (κ3) is 2.78. The van der Waals surface area contributed by atoms with Gasteiger partial charge in [0.15, 0.2) is 0 Å². The lowest BCUT2D eigenvalue weighted by atomic mass is 10.1. The number of aryl methyl sites for hydroxylation is 1. The molecule has 1 aliphatic rings. The third-order valence-corrected chi connectivity index (χ3v) is 4.46. The normalized spacial score (nSPS) is 15.0. The monoisotopic (exact) mass is 321 g/mol. The predicted octanol–water partition coefficient (Wildman–Crippen LogP) is 2.74. The fourth-order valence-corrected chi connectivity index (χ4v) is 3.12. The highest BCUT2D eigenvalue weighted by Crippen LogP contribution is 2.27. The van der Waals surface area contributed by atoms with Crippen LogP contribution in [0.5, 0.6) is 0 Å². The van der Waals surface area contributed by atoms with Gasteiger partial charge in [0.25, 0.3) is 0 Å². The average molecular weight is 321 g/mol. The molecular weight excluding hydrogens is 302 g/mol. The third-order valence-electron chi connectivity index (χ3n) is 4.46. The van der Waals surface area contributed by atoms with Crippen LogP contribution in [0, 0.1) is 6.92 Å². The maximum atomic E-state index is 11.2. The maximum Gasteiger partial charge on any atom is 0.247 e. The van der Waals surface area contributed by atoms with Crippen molar-refractivity contribution in [2.75, 3.05) is 31.2 Å². The number of ether oxygens (including phenoxy) is 1. The van der Waals surface area contributed by atoms with Crippen LogP contribution < -0.4 is 10.5 Å². The summed E-state index contributed by atoms with van der Waals surface area (Å²) in [5, 5.41) is 1.16. The van der Waals surface area contributed by atoms with Crippen LogP contribution in [-0.2, 0) is 4.74 Å². The summed E-state index contributed by atoms with van der Waals surface area (Å²) >= 11 is 0. The molecule has 1 saturated heterocycles. The summed E-state index contributed by atoms with van der Waals surface area (Å²) in [6, 6.07) is 11.8. The van der Waals surface area contributed by atoms with Crippen molar-refractivity contribution in [3.05, 3.63) is 58.5 Å². The minimum Gasteiger partial charge on any atom is -0.378 e. The Labute approximate surface area is 139 Å². The van der Waals surface area contributed by atoms with Gasteiger partial charge in [-0.05, 0) is 42.8 Å². The lowest BCUT2D eigenvalue weighted by Gasteiger charge is -2.29. The van der Waals surface area contributed by atoms with E-state index in [0.717, 1.165) is 48.5 Å². The number of hydrogen-bond donors (Lipinski definition) is 1. The van der Waals surface area contributed by atoms with E-state index >= 15 is 0 Å². The molecule has 5 heteroatoms. The predicted molar refractivity (Wildman–Crippen MR) is 95.6 cm³/mol. The Morgan fingerprint density at radius 3 is 2.71 bits per heavy atom. The highest BCUT2D eigenvalue weighted by Gasteiger charge is 2.13. The number of rotatable bonds is 2. The molecule has 4 rings (SSSR count). The van der Waals surface area contributed by atoms with Crippen LogP contribution in [0.1, 0.15) is 5.56 Å². The Morgan fingerprint density at radius 1 is 1.12 bits per heavy atom. The summed E-state index contributed by atoms with van der Waals surface area (Å²) in [7, 11) is 0. The standard InChI is InChI=1S/C19H19N3O2/c1-13-10-18(14-2-5-19(23)20-12-14)21-17-4-3-15(11-16(13)17)22-6-8-24-9-7-22/h2-5,10-12H,6-9H2,1H3,(H,20,23). The summed E-state index contributed by atoms with van der Waals surface area (Å²) in [6.45, 7) is 5.50. The van der Waals surface area contributed by atoms with E-state index in [9.17, 15) is 4.79 Å². The van der Waals surface area contributed by atoms with E-state index in [1.165, 1.54) is 17.3 Å². The number of nitrogens with zero attached hydrogens (tertiary/aromatic N) is 2. The largest absolute Gasteiger partial charge is 0.378 e. The first-order valence-corrected chi connectivity index (χ1v) is 8.14. The summed E-state index contributed by atoms with van der Waals surface area (Å²) < 4.78 is 5.43. The van der Waals surface area contributed by atoms with Gasteiger partial charge in [-0.3, -0.25) is 4.79 Å². The van der Waals surface area contributed by atoms with Crippen LogP contribution in [0.2, 0.25) is 0 Å². The first kappa shape index (κ1) is 14.9. The quantitative estimate of drug-likeness (QED) is 0.788. The molecule has 1 aromatic carbocycles. The van der Waals surface area contributed by atoms with Crippen molar-refractivity contribution in [3.8, 4) is 11.3 Å². The number of aromatic nitrogens is 2. The second-order valence-corrected chi connectivity index (χ2v) is 6.07. The van der Waals surface area contributed by atoms with Gasteiger partial charge in [0.05, 0.1) is 24.4 Å². The Balaban J connectivity index is 1.76. The Kier molecular flexibility index (Phi) is 3.78. The summed E-state index contributed by atoms with van der Waals surface area (Å²) in [6.07, 6.45) is 1.71. The lowest BCUT2D eigenvalue weighted by Crippen LogP contribution is -2.36. The number of hydrogen-bond acceptors (Lipinski definition) is 4. The van der Waals surface area contributed by atoms with Crippen LogP contribution in [0.4, 0.5) is 5.69 Å². The molecule has 1 aliphatic heterocycles. The Morgan fingerprint density at radius 2 is 1.96 bits per heavy atom. The van der Waals surface area contributed by atoms with E-state index in [4.69, 9.17) is 9.72 Å². The summed E-state index contributed by atoms with van der Waals surface area (Å²) in [5.74, 6) is 0. The molecule has 0 spiro atoms. The topological polar surface area (TPSA) is 58.2 Å². The van der Waals surface area contributed by atoms with Gasteiger partial charge in [-0.2, -0.15) is 0 Å². The number of fused-ring (bicyclic) bond motifs is 1. The maximum absolute atomic E-state index is 11.2. The number of benzene rings is 1. The molecule has 1 N–H and O–H groups in total. The fourth-order valence-electron chi connectivity index (χ4n) is 3.12. The van der Waals surface area contributed by atoms with Crippen molar-refractivity contribution in [1.29, 1.82) is 0 Å². The molecule has 0 radical (unpaired) electrons. The number of H-pyrrole nitrogens is 1. The minimum atomic E-state index is -0.105. The van der Waals surface area contributed by atoms with E-state index in [2.05, 4.69) is 41.1 Å². The van der Waals surface area contributed by atoms with Crippen molar-refractivity contribution in [2.45, 2.75) is 6.92 Å². The zero-order valence-electron chi connectivity index (χ0n) is 13.6. The van der Waals surface area contributed by atoms with Gasteiger partial charge < -0.3 is 14.6 Å². The second-order valence-electron chi connectivity index (χ2n) is 6.07. The van der Waals surface area contributed by atoms with Crippen molar-refractivity contribution >= 4 is 16.6 Å². The second kappa shape index (κ2) is 6.09. The van der Waals surface area contributed by atoms with E-state index in [0.29, 0.717) is 0 Å². The van der Waals surface area contributed by atoms with Gasteiger partial charge in [-0.25, -0.2) is 4.98 Å². The molecule has 3 aromatic rings. The zero-order valence-corrected chi connectivity index (χ0v) is 13.6. The fraction of sp³-hybridized carbons (Fsp3) is 0.263. The molecule has 0 unspecified atom stereocenters. The smallest absolute Gasteiger partial charge is 0.247 e. The molecule has 2 aromatic heterocycles. The van der Waals surface area contributed by atoms with E-state index in [-0.39, 0.29) is 5.56 Å². The van der Waals surface area contributed by atoms with Crippen molar-refractivity contribution < 1.29 is 4.74 Å². The van der Waals surface area contributed by atoms with Crippen molar-refractivity contribution in [3.63, 3.8) is 0 Å². The highest BCUT2D eigenvalue weighted by atomic mass is 16.5. The molecule has 24 heavy (non-hydrogen) atoms. The van der Waals surface area contributed by atoms with Gasteiger partial charge in [-0.15, -0.1) is 0 Å². The van der Waals surface area contributed by atoms with Gasteiger partial charge >= 0.3 is 0 Å². The van der Waals surface area contributed by atoms with Gasteiger partial charge in [-0.1, -0.05) is 0 Å². The molecule has 0 saturated carbocycles. The van der Waals surface area contributed by atoms with Gasteiger partial charge in [0.1, 0.15) is 0 Å². The number of nitrogens with one attached hydrogen (secondary N) is 1. The molecule has 122 valence electrons. The molecule has 1 fully saturated rings. The molecule has 0 atom stereocenters. The first-order chi connectivity index (χ1) is 11.7. The van der Waals surface area contributed by atoms with E-state index in [1.54, 1.807) is 12.3 Å². The number of pyridine rings is 2. The molecule has 0 aliphatic carbocycles. The van der Waals surface area contributed by atoms with Gasteiger partial charge in [0.2, 0.25) is 5.56 Å². The molecule has 5 nitrogen and oxygen atoms in total. The van der Waals surface area contributed by atoms with Crippen LogP contribution >= 0.6 is 0 Å². The van der Waals surface area contributed by atoms with Crippen LogP contribution in [0.25, 0.3) is 22.2 Å². The van der Waals surface area contributed by atoms with E-state index < -0.39 is 0 Å². The summed E-state index contributed by atoms with van der Waals surface area (Å²) in [4.78, 5) is 21.0. The Bertz CT molecular complexity index is 922. The number of aromatic amines is 1. The first-order valence-electron chi connectivity index (χ1n) is 8.14. The van der Waals surface area contributed by atoms with Crippen LogP contribution in [0.15, 0.2) is 47.4 Å². The SMILES string of the molecule is Cc1cc(-c2ccc(=O)[nH]c2)nc2ccc(N3CCOCC3)cc12. The van der Waals surface area contributed by atoms with Crippen LogP contribution in [-0.4, -0.2) is 36.3 Å². The van der Waals surface area contributed by atoms with Crippen molar-refractivity contribution in [2.24, 2.45) is 0 Å². The molecule has 3 heterocycles. The molecule has 0 amide bonds. The lowest BCUT2D eigenvalue weighted by molar-refractivity contribution is 0.122. The number of morpholine rings is 1. The number of anilines is 1. The zero-order chi connectivity index (χ0) is 16.5. The molecule has 0 bridgehead atoms. The van der Waals surface area contributed by atoms with E-state index in [1.807, 2.05) is 0 Å². The highest BCUT2D eigenvalue weighted by molar-refractivity contribution is 5.88.